The van der Waals surface area contributed by atoms with Crippen LogP contribution in [-0.4, -0.2) is 20.2 Å². The zero-order valence-electron chi connectivity index (χ0n) is 10.5. The third kappa shape index (κ3) is 2.53. The number of hydrogen-bond acceptors (Lipinski definition) is 6. The predicted molar refractivity (Wildman–Crippen MR) is 71.0 cm³/mol. The molecule has 0 aliphatic carbocycles. The lowest BCUT2D eigenvalue weighted by Gasteiger charge is -1.97. The van der Waals surface area contributed by atoms with E-state index in [-0.39, 0.29) is 17.2 Å². The van der Waals surface area contributed by atoms with E-state index in [2.05, 4.69) is 15.1 Å². The molecule has 20 heavy (non-hydrogen) atoms. The first kappa shape index (κ1) is 12.7. The van der Waals surface area contributed by atoms with Gasteiger partial charge in [0.1, 0.15) is 16.6 Å². The van der Waals surface area contributed by atoms with Crippen LogP contribution >= 0.6 is 11.3 Å². The number of nitrogens with zero attached hydrogens (tertiary/aromatic N) is 3. The lowest BCUT2D eigenvalue weighted by atomic mass is 10.2. The standard InChI is InChI=1S/C13H10FN3O2S/c1-7-6-20-12(15-7)5-11-16-13(19-17-11)9-3-2-8(18)4-10(9)14/h2-4,6,18H,5H2,1H3. The van der Waals surface area contributed by atoms with Crippen LogP contribution in [0.15, 0.2) is 28.1 Å². The Labute approximate surface area is 117 Å². The SMILES string of the molecule is Cc1csc(Cc2noc(-c3ccc(O)cc3F)n2)n1. The normalized spacial score (nSPS) is 10.9. The summed E-state index contributed by atoms with van der Waals surface area (Å²) in [6.45, 7) is 1.91. The van der Waals surface area contributed by atoms with Crippen molar-refractivity contribution in [2.75, 3.05) is 0 Å². The van der Waals surface area contributed by atoms with Gasteiger partial charge in [0.25, 0.3) is 5.89 Å². The van der Waals surface area contributed by atoms with Crippen LogP contribution in [-0.2, 0) is 6.42 Å². The minimum Gasteiger partial charge on any atom is -0.508 e. The first-order chi connectivity index (χ1) is 9.61. The molecule has 0 unspecified atom stereocenters. The molecule has 102 valence electrons. The van der Waals surface area contributed by atoms with Crippen LogP contribution in [0, 0.1) is 12.7 Å². The molecular formula is C13H10FN3O2S. The fourth-order valence-corrected chi connectivity index (χ4v) is 2.50. The average Bonchev–Trinajstić information content (AvgIpc) is 2.99. The lowest BCUT2D eigenvalue weighted by Crippen LogP contribution is -1.90. The number of phenols is 1. The van der Waals surface area contributed by atoms with Gasteiger partial charge in [-0.3, -0.25) is 0 Å². The van der Waals surface area contributed by atoms with Crippen LogP contribution < -0.4 is 0 Å². The van der Waals surface area contributed by atoms with Gasteiger partial charge < -0.3 is 9.63 Å². The van der Waals surface area contributed by atoms with E-state index in [0.717, 1.165) is 16.8 Å². The fraction of sp³-hybridized carbons (Fsp3) is 0.154. The molecule has 2 heterocycles. The number of rotatable bonds is 3. The summed E-state index contributed by atoms with van der Waals surface area (Å²) in [6.07, 6.45) is 0.446. The zero-order valence-corrected chi connectivity index (χ0v) is 11.3. The molecular weight excluding hydrogens is 281 g/mol. The largest absolute Gasteiger partial charge is 0.508 e. The number of aromatic nitrogens is 3. The van der Waals surface area contributed by atoms with Crippen molar-refractivity contribution >= 4 is 11.3 Å². The number of benzene rings is 1. The molecule has 5 nitrogen and oxygen atoms in total. The molecule has 0 radical (unpaired) electrons. The van der Waals surface area contributed by atoms with E-state index in [4.69, 9.17) is 4.52 Å². The highest BCUT2D eigenvalue weighted by Crippen LogP contribution is 2.24. The van der Waals surface area contributed by atoms with Crippen LogP contribution in [0.25, 0.3) is 11.5 Å². The topological polar surface area (TPSA) is 72.0 Å². The lowest BCUT2D eigenvalue weighted by molar-refractivity contribution is 0.421. The van der Waals surface area contributed by atoms with Crippen molar-refractivity contribution in [1.29, 1.82) is 0 Å². The van der Waals surface area contributed by atoms with E-state index in [1.807, 2.05) is 12.3 Å². The maximum atomic E-state index is 13.7. The quantitative estimate of drug-likeness (QED) is 0.803. The predicted octanol–water partition coefficient (Wildman–Crippen LogP) is 2.94. The molecule has 3 aromatic rings. The second-order valence-electron chi connectivity index (χ2n) is 4.24. The Bertz CT molecular complexity index is 754. The van der Waals surface area contributed by atoms with Gasteiger partial charge in [-0.05, 0) is 19.1 Å². The Morgan fingerprint density at radius 3 is 2.90 bits per heavy atom. The molecule has 0 saturated heterocycles. The number of halogens is 1. The molecule has 7 heteroatoms. The Balaban J connectivity index is 1.86. The van der Waals surface area contributed by atoms with Crippen molar-refractivity contribution in [2.24, 2.45) is 0 Å². The van der Waals surface area contributed by atoms with Gasteiger partial charge in [-0.15, -0.1) is 11.3 Å². The third-order valence-corrected chi connectivity index (χ3v) is 3.59. The highest BCUT2D eigenvalue weighted by molar-refractivity contribution is 7.09. The summed E-state index contributed by atoms with van der Waals surface area (Å²) >= 11 is 1.51. The summed E-state index contributed by atoms with van der Waals surface area (Å²) in [5, 5.41) is 15.8. The van der Waals surface area contributed by atoms with Gasteiger partial charge in [-0.1, -0.05) is 5.16 Å². The fourth-order valence-electron chi connectivity index (χ4n) is 1.73. The Kier molecular flexibility index (Phi) is 3.19. The zero-order chi connectivity index (χ0) is 14.1. The second-order valence-corrected chi connectivity index (χ2v) is 5.18. The summed E-state index contributed by atoms with van der Waals surface area (Å²) < 4.78 is 18.7. The number of hydrogen-bond donors (Lipinski definition) is 1. The van der Waals surface area contributed by atoms with Crippen LogP contribution in [0.4, 0.5) is 4.39 Å². The minimum atomic E-state index is -0.606. The molecule has 1 N–H and O–H groups in total. The average molecular weight is 291 g/mol. The third-order valence-electron chi connectivity index (χ3n) is 2.63. The first-order valence-electron chi connectivity index (χ1n) is 5.84. The molecule has 0 aliphatic rings. The maximum absolute atomic E-state index is 13.7. The van der Waals surface area contributed by atoms with Crippen molar-refractivity contribution in [1.82, 2.24) is 15.1 Å². The Morgan fingerprint density at radius 1 is 1.35 bits per heavy atom. The summed E-state index contributed by atoms with van der Waals surface area (Å²) in [6, 6.07) is 3.77. The van der Waals surface area contributed by atoms with Crippen LogP contribution in [0.5, 0.6) is 5.75 Å². The maximum Gasteiger partial charge on any atom is 0.260 e. The monoisotopic (exact) mass is 291 g/mol. The van der Waals surface area contributed by atoms with Gasteiger partial charge in [0, 0.05) is 17.1 Å². The van der Waals surface area contributed by atoms with Crippen LogP contribution in [0.1, 0.15) is 16.5 Å². The van der Waals surface area contributed by atoms with Crippen molar-refractivity contribution in [3.05, 3.63) is 45.9 Å². The molecule has 1 aromatic carbocycles. The van der Waals surface area contributed by atoms with Gasteiger partial charge in [0.15, 0.2) is 5.82 Å². The highest BCUT2D eigenvalue weighted by atomic mass is 32.1. The molecule has 0 aliphatic heterocycles. The smallest absolute Gasteiger partial charge is 0.260 e. The molecule has 0 atom stereocenters. The molecule has 0 amide bonds. The summed E-state index contributed by atoms with van der Waals surface area (Å²) in [4.78, 5) is 8.45. The molecule has 0 saturated carbocycles. The summed E-state index contributed by atoms with van der Waals surface area (Å²) in [7, 11) is 0. The number of aromatic hydroxyl groups is 1. The summed E-state index contributed by atoms with van der Waals surface area (Å²) in [5.41, 5.74) is 1.11. The molecule has 0 fully saturated rings. The van der Waals surface area contributed by atoms with Gasteiger partial charge >= 0.3 is 0 Å². The van der Waals surface area contributed by atoms with Gasteiger partial charge in [0.05, 0.1) is 12.0 Å². The number of thiazole rings is 1. The molecule has 0 spiro atoms. The van der Waals surface area contributed by atoms with E-state index >= 15 is 0 Å². The number of phenolic OH excluding ortho intramolecular Hbond substituents is 1. The van der Waals surface area contributed by atoms with Gasteiger partial charge in [-0.25, -0.2) is 9.37 Å². The first-order valence-corrected chi connectivity index (χ1v) is 6.72. The van der Waals surface area contributed by atoms with Crippen molar-refractivity contribution in [3.8, 4) is 17.2 Å². The van der Waals surface area contributed by atoms with Crippen LogP contribution in [0.2, 0.25) is 0 Å². The Hall–Kier alpha value is -2.28. The van der Waals surface area contributed by atoms with Gasteiger partial charge in [-0.2, -0.15) is 4.98 Å². The van der Waals surface area contributed by atoms with Crippen molar-refractivity contribution in [2.45, 2.75) is 13.3 Å². The second kappa shape index (κ2) is 5.01. The number of aryl methyl sites for hydroxylation is 1. The van der Waals surface area contributed by atoms with E-state index in [1.165, 1.54) is 23.5 Å². The molecule has 3 rings (SSSR count). The minimum absolute atomic E-state index is 0.0887. The molecule has 2 aromatic heterocycles. The Morgan fingerprint density at radius 2 is 2.20 bits per heavy atom. The van der Waals surface area contributed by atoms with E-state index < -0.39 is 5.82 Å². The van der Waals surface area contributed by atoms with Crippen LogP contribution in [0.3, 0.4) is 0 Å². The molecule has 0 bridgehead atoms. The van der Waals surface area contributed by atoms with Crippen molar-refractivity contribution < 1.29 is 14.0 Å². The van der Waals surface area contributed by atoms with E-state index in [9.17, 15) is 9.50 Å². The van der Waals surface area contributed by atoms with E-state index in [0.29, 0.717) is 12.2 Å². The van der Waals surface area contributed by atoms with Gasteiger partial charge in [0.2, 0.25) is 0 Å². The van der Waals surface area contributed by atoms with Crippen molar-refractivity contribution in [3.63, 3.8) is 0 Å². The summed E-state index contributed by atoms with van der Waals surface area (Å²) in [5.74, 6) is -0.220. The highest BCUT2D eigenvalue weighted by Gasteiger charge is 2.14. The van der Waals surface area contributed by atoms with E-state index in [1.54, 1.807) is 0 Å².